The van der Waals surface area contributed by atoms with Crippen molar-refractivity contribution < 1.29 is 9.84 Å². The molecule has 0 aliphatic carbocycles. The highest BCUT2D eigenvalue weighted by Crippen LogP contribution is 2.32. The predicted octanol–water partition coefficient (Wildman–Crippen LogP) is 3.90. The zero-order valence-corrected chi connectivity index (χ0v) is 14.2. The van der Waals surface area contributed by atoms with Crippen molar-refractivity contribution in [3.63, 3.8) is 0 Å². The highest BCUT2D eigenvalue weighted by atomic mass is 32.2. The maximum Gasteiger partial charge on any atom is 0.221 e. The van der Waals surface area contributed by atoms with E-state index in [4.69, 9.17) is 10.5 Å². The number of nitrogens with zero attached hydrogens (tertiary/aromatic N) is 2. The van der Waals surface area contributed by atoms with Crippen molar-refractivity contribution in [2.75, 3.05) is 12.8 Å². The van der Waals surface area contributed by atoms with Gasteiger partial charge in [0.15, 0.2) is 0 Å². The number of aryl methyl sites for hydroxylation is 1. The number of aromatic nitrogens is 2. The molecule has 0 amide bonds. The van der Waals surface area contributed by atoms with Crippen molar-refractivity contribution in [2.24, 2.45) is 0 Å². The summed E-state index contributed by atoms with van der Waals surface area (Å²) in [5.41, 5.74) is 8.65. The van der Waals surface area contributed by atoms with Crippen LogP contribution in [0.1, 0.15) is 5.56 Å². The fourth-order valence-corrected chi connectivity index (χ4v) is 3.23. The molecule has 6 heteroatoms. The van der Waals surface area contributed by atoms with E-state index in [-0.39, 0.29) is 11.7 Å². The van der Waals surface area contributed by atoms with Gasteiger partial charge >= 0.3 is 0 Å². The van der Waals surface area contributed by atoms with Gasteiger partial charge in [-0.1, -0.05) is 17.8 Å². The van der Waals surface area contributed by atoms with Crippen LogP contribution in [0.25, 0.3) is 11.3 Å². The van der Waals surface area contributed by atoms with E-state index in [1.807, 2.05) is 37.3 Å². The Balaban J connectivity index is 1.97. The van der Waals surface area contributed by atoms with Crippen LogP contribution in [0.3, 0.4) is 0 Å². The first kappa shape index (κ1) is 16.1. The number of phenols is 1. The molecular weight excluding hydrogens is 322 g/mol. The molecule has 0 saturated heterocycles. The molecule has 3 N–H and O–H groups in total. The fourth-order valence-electron chi connectivity index (χ4n) is 2.35. The lowest BCUT2D eigenvalue weighted by molar-refractivity contribution is 0.414. The topological polar surface area (TPSA) is 81.3 Å². The summed E-state index contributed by atoms with van der Waals surface area (Å²) >= 11 is 1.42. The lowest BCUT2D eigenvalue weighted by Gasteiger charge is -2.10. The molecule has 0 aliphatic rings. The van der Waals surface area contributed by atoms with Crippen LogP contribution in [-0.2, 0) is 0 Å². The molecule has 2 aromatic carbocycles. The number of nitrogens with two attached hydrogens (primary N) is 1. The Bertz CT molecular complexity index is 884. The predicted molar refractivity (Wildman–Crippen MR) is 95.4 cm³/mol. The summed E-state index contributed by atoms with van der Waals surface area (Å²) in [6.45, 7) is 2.00. The Morgan fingerprint density at radius 3 is 2.62 bits per heavy atom. The average Bonchev–Trinajstić information content (AvgIpc) is 2.54. The number of rotatable bonds is 4. The third kappa shape index (κ3) is 3.60. The fraction of sp³-hybridized carbons (Fsp3) is 0.111. The van der Waals surface area contributed by atoms with E-state index in [2.05, 4.69) is 9.97 Å². The summed E-state index contributed by atoms with van der Waals surface area (Å²) in [4.78, 5) is 9.49. The van der Waals surface area contributed by atoms with E-state index >= 15 is 0 Å². The maximum absolute atomic E-state index is 9.58. The Labute approximate surface area is 144 Å². The number of ether oxygens (including phenoxy) is 1. The van der Waals surface area contributed by atoms with Crippen LogP contribution in [0.15, 0.2) is 58.5 Å². The van der Waals surface area contributed by atoms with Crippen molar-refractivity contribution in [1.29, 1.82) is 0 Å². The third-order valence-electron chi connectivity index (χ3n) is 3.47. The van der Waals surface area contributed by atoms with Crippen LogP contribution >= 0.6 is 11.8 Å². The minimum atomic E-state index is 0.213. The zero-order valence-electron chi connectivity index (χ0n) is 13.4. The molecule has 0 unspecified atom stereocenters. The summed E-state index contributed by atoms with van der Waals surface area (Å²) in [6, 6.07) is 14.7. The van der Waals surface area contributed by atoms with Gasteiger partial charge in [-0.15, -0.1) is 0 Å². The maximum atomic E-state index is 9.58. The third-order valence-corrected chi connectivity index (χ3v) is 4.38. The molecule has 24 heavy (non-hydrogen) atoms. The van der Waals surface area contributed by atoms with Crippen LogP contribution in [0.2, 0.25) is 0 Å². The molecule has 1 heterocycles. The van der Waals surface area contributed by atoms with Crippen LogP contribution in [-0.4, -0.2) is 22.2 Å². The van der Waals surface area contributed by atoms with E-state index in [9.17, 15) is 5.11 Å². The Morgan fingerprint density at radius 1 is 1.08 bits per heavy atom. The van der Waals surface area contributed by atoms with Gasteiger partial charge in [0.2, 0.25) is 5.95 Å². The molecule has 5 nitrogen and oxygen atoms in total. The Morgan fingerprint density at radius 2 is 1.92 bits per heavy atom. The van der Waals surface area contributed by atoms with Gasteiger partial charge in [0, 0.05) is 10.5 Å². The van der Waals surface area contributed by atoms with Gasteiger partial charge < -0.3 is 15.6 Å². The van der Waals surface area contributed by atoms with E-state index in [0.29, 0.717) is 0 Å². The number of benzene rings is 2. The average molecular weight is 339 g/mol. The number of phenolic OH excluding ortho intramolecular Hbond substituents is 1. The molecular formula is C18H17N3O2S. The highest BCUT2D eigenvalue weighted by molar-refractivity contribution is 7.99. The number of hydrogen-bond acceptors (Lipinski definition) is 6. The first-order chi connectivity index (χ1) is 11.5. The first-order valence-electron chi connectivity index (χ1n) is 7.31. The number of hydrogen-bond donors (Lipinski definition) is 2. The molecule has 0 atom stereocenters. The van der Waals surface area contributed by atoms with Crippen molar-refractivity contribution in [1.82, 2.24) is 9.97 Å². The van der Waals surface area contributed by atoms with Gasteiger partial charge in [-0.3, -0.25) is 0 Å². The molecule has 0 spiro atoms. The number of aromatic hydroxyl groups is 1. The Hall–Kier alpha value is -2.73. The van der Waals surface area contributed by atoms with Crippen LogP contribution in [0, 0.1) is 6.92 Å². The summed E-state index contributed by atoms with van der Waals surface area (Å²) in [6.07, 6.45) is 0. The van der Waals surface area contributed by atoms with Gasteiger partial charge in [-0.25, -0.2) is 9.97 Å². The van der Waals surface area contributed by atoms with Crippen LogP contribution in [0.5, 0.6) is 11.5 Å². The van der Waals surface area contributed by atoms with Crippen molar-refractivity contribution in [2.45, 2.75) is 16.8 Å². The van der Waals surface area contributed by atoms with E-state index in [1.165, 1.54) is 11.8 Å². The monoisotopic (exact) mass is 339 g/mol. The molecule has 3 rings (SSSR count). The lowest BCUT2D eigenvalue weighted by Crippen LogP contribution is -1.99. The van der Waals surface area contributed by atoms with Gasteiger partial charge in [0.05, 0.1) is 12.8 Å². The second kappa shape index (κ2) is 6.80. The Kier molecular flexibility index (Phi) is 4.57. The van der Waals surface area contributed by atoms with Gasteiger partial charge in [0.1, 0.15) is 16.5 Å². The van der Waals surface area contributed by atoms with Crippen molar-refractivity contribution >= 4 is 17.7 Å². The van der Waals surface area contributed by atoms with Gasteiger partial charge in [-0.05, 0) is 55.0 Å². The molecule has 3 aromatic rings. The lowest BCUT2D eigenvalue weighted by atomic mass is 10.1. The number of nitrogen functional groups attached to an aromatic ring is 1. The quantitative estimate of drug-likeness (QED) is 0.702. The number of methoxy groups -OCH3 is 1. The van der Waals surface area contributed by atoms with Crippen LogP contribution in [0.4, 0.5) is 5.95 Å². The highest BCUT2D eigenvalue weighted by Gasteiger charge is 2.10. The van der Waals surface area contributed by atoms with Gasteiger partial charge in [-0.2, -0.15) is 0 Å². The van der Waals surface area contributed by atoms with Crippen molar-refractivity contribution in [3.8, 4) is 22.8 Å². The standard InChI is InChI=1S/C18H17N3O2S/c1-11-8-13(23-2)6-7-15(11)16-10-17(21-18(19)20-16)24-14-5-3-4-12(22)9-14/h3-10,22H,1-2H3,(H2,19,20,21). The minimum Gasteiger partial charge on any atom is -0.508 e. The summed E-state index contributed by atoms with van der Waals surface area (Å²) in [5, 5.41) is 10.3. The molecule has 122 valence electrons. The summed E-state index contributed by atoms with van der Waals surface area (Å²) in [5.74, 6) is 1.23. The molecule has 0 fully saturated rings. The summed E-state index contributed by atoms with van der Waals surface area (Å²) < 4.78 is 5.24. The zero-order chi connectivity index (χ0) is 17.1. The minimum absolute atomic E-state index is 0.213. The molecule has 1 aromatic heterocycles. The van der Waals surface area contributed by atoms with Crippen molar-refractivity contribution in [3.05, 3.63) is 54.1 Å². The molecule has 0 aliphatic heterocycles. The normalized spacial score (nSPS) is 10.6. The first-order valence-corrected chi connectivity index (χ1v) is 8.13. The molecule has 0 bridgehead atoms. The summed E-state index contributed by atoms with van der Waals surface area (Å²) in [7, 11) is 1.64. The van der Waals surface area contributed by atoms with Gasteiger partial charge in [0.25, 0.3) is 0 Å². The SMILES string of the molecule is COc1ccc(-c2cc(Sc3cccc(O)c3)nc(N)n2)c(C)c1. The second-order valence-electron chi connectivity index (χ2n) is 5.23. The molecule has 0 radical (unpaired) electrons. The van der Waals surface area contributed by atoms with E-state index in [1.54, 1.807) is 25.3 Å². The number of anilines is 1. The van der Waals surface area contributed by atoms with Crippen LogP contribution < -0.4 is 10.5 Å². The molecule has 0 saturated carbocycles. The second-order valence-corrected chi connectivity index (χ2v) is 6.32. The van der Waals surface area contributed by atoms with E-state index in [0.717, 1.165) is 32.5 Å². The smallest absolute Gasteiger partial charge is 0.221 e. The van der Waals surface area contributed by atoms with E-state index < -0.39 is 0 Å². The largest absolute Gasteiger partial charge is 0.508 e.